The lowest BCUT2D eigenvalue weighted by Crippen LogP contribution is -2.51. The van der Waals surface area contributed by atoms with Crippen molar-refractivity contribution in [3.05, 3.63) is 94.5 Å². The Morgan fingerprint density at radius 3 is 2.19 bits per heavy atom. The fraction of sp³-hybridized carbons (Fsp3) is 0.259. The van der Waals surface area contributed by atoms with Crippen LogP contribution in [0.4, 0.5) is 5.69 Å². The zero-order chi connectivity index (χ0) is 27.0. The molecule has 37 heavy (non-hydrogen) atoms. The Kier molecular flexibility index (Phi) is 9.97. The zero-order valence-corrected chi connectivity index (χ0v) is 22.9. The number of benzene rings is 3. The molecule has 0 aliphatic heterocycles. The quantitative estimate of drug-likeness (QED) is 0.351. The number of amides is 2. The maximum atomic E-state index is 13.8. The minimum Gasteiger partial charge on any atom is -0.354 e. The highest BCUT2D eigenvalue weighted by Crippen LogP contribution is 2.27. The summed E-state index contributed by atoms with van der Waals surface area (Å²) in [6.07, 6.45) is 0.735. The Hall–Kier alpha value is -3.07. The highest BCUT2D eigenvalue weighted by atomic mass is 35.5. The van der Waals surface area contributed by atoms with Gasteiger partial charge in [-0.15, -0.1) is 0 Å². The zero-order valence-electron chi connectivity index (χ0n) is 20.6. The van der Waals surface area contributed by atoms with E-state index in [1.807, 2.05) is 6.92 Å². The molecular formula is C27H29Cl2N3O4S. The molecule has 1 N–H and O–H groups in total. The Morgan fingerprint density at radius 2 is 1.57 bits per heavy atom. The highest BCUT2D eigenvalue weighted by Gasteiger charge is 2.32. The third kappa shape index (κ3) is 7.47. The van der Waals surface area contributed by atoms with Crippen LogP contribution >= 0.6 is 23.2 Å². The molecule has 10 heteroatoms. The van der Waals surface area contributed by atoms with E-state index in [-0.39, 0.29) is 23.0 Å². The molecule has 0 saturated carbocycles. The van der Waals surface area contributed by atoms with Gasteiger partial charge in [-0.25, -0.2) is 8.42 Å². The molecule has 3 rings (SSSR count). The molecular weight excluding hydrogens is 533 g/mol. The molecule has 0 aliphatic rings. The Balaban J connectivity index is 2.01. The summed E-state index contributed by atoms with van der Waals surface area (Å²) in [5.74, 6) is -0.893. The first kappa shape index (κ1) is 28.5. The molecule has 196 valence electrons. The smallest absolute Gasteiger partial charge is 0.264 e. The average molecular weight is 563 g/mol. The first-order valence-corrected chi connectivity index (χ1v) is 14.0. The van der Waals surface area contributed by atoms with Gasteiger partial charge in [0, 0.05) is 23.1 Å². The molecule has 2 amide bonds. The van der Waals surface area contributed by atoms with E-state index in [0.29, 0.717) is 22.2 Å². The lowest BCUT2D eigenvalue weighted by Gasteiger charge is -2.32. The summed E-state index contributed by atoms with van der Waals surface area (Å²) in [7, 11) is -4.13. The standard InChI is InChI=1S/C27H29Cl2N3O4S/c1-3-15-30-27(34)20(2)31(18-21-9-7-10-22(28)16-21)26(33)19-32(24-12-8-11-23(29)17-24)37(35,36)25-13-5-4-6-14-25/h4-14,16-17,20H,3,15,18-19H2,1-2H3,(H,30,34)/t20-/m1/s1. The normalized spacial score (nSPS) is 12.0. The molecule has 0 aromatic heterocycles. The number of rotatable bonds is 11. The number of carbonyl (C=O) groups is 2. The predicted molar refractivity (Wildman–Crippen MR) is 147 cm³/mol. The molecule has 7 nitrogen and oxygen atoms in total. The Morgan fingerprint density at radius 1 is 0.919 bits per heavy atom. The molecule has 0 aliphatic carbocycles. The van der Waals surface area contributed by atoms with Crippen molar-refractivity contribution < 1.29 is 18.0 Å². The lowest BCUT2D eigenvalue weighted by molar-refractivity contribution is -0.139. The number of nitrogens with zero attached hydrogens (tertiary/aromatic N) is 2. The van der Waals surface area contributed by atoms with Crippen LogP contribution in [0.5, 0.6) is 0 Å². The Bertz CT molecular complexity index is 1340. The number of hydrogen-bond acceptors (Lipinski definition) is 4. The van der Waals surface area contributed by atoms with E-state index in [0.717, 1.165) is 10.7 Å². The van der Waals surface area contributed by atoms with Crippen LogP contribution in [0, 0.1) is 0 Å². The summed E-state index contributed by atoms with van der Waals surface area (Å²) >= 11 is 12.3. The van der Waals surface area contributed by atoms with Gasteiger partial charge >= 0.3 is 0 Å². The summed E-state index contributed by atoms with van der Waals surface area (Å²) < 4.78 is 28.3. The number of nitrogens with one attached hydrogen (secondary N) is 1. The third-order valence-corrected chi connectivity index (χ3v) is 7.92. The second kappa shape index (κ2) is 12.9. The molecule has 0 unspecified atom stereocenters. The maximum absolute atomic E-state index is 13.8. The molecule has 3 aromatic carbocycles. The van der Waals surface area contributed by atoms with Crippen molar-refractivity contribution in [2.24, 2.45) is 0 Å². The van der Waals surface area contributed by atoms with Crippen LogP contribution in [0.1, 0.15) is 25.8 Å². The third-order valence-electron chi connectivity index (χ3n) is 5.66. The van der Waals surface area contributed by atoms with Crippen LogP contribution in [0.15, 0.2) is 83.8 Å². The van der Waals surface area contributed by atoms with Gasteiger partial charge in [0.25, 0.3) is 10.0 Å². The first-order chi connectivity index (χ1) is 17.6. The molecule has 0 heterocycles. The van der Waals surface area contributed by atoms with Gasteiger partial charge in [-0.3, -0.25) is 13.9 Å². The van der Waals surface area contributed by atoms with Crippen molar-refractivity contribution in [3.63, 3.8) is 0 Å². The number of sulfonamides is 1. The number of carbonyl (C=O) groups excluding carboxylic acids is 2. The summed E-state index contributed by atoms with van der Waals surface area (Å²) in [6, 6.07) is 20.2. The van der Waals surface area contributed by atoms with Crippen LogP contribution in [0.3, 0.4) is 0 Å². The average Bonchev–Trinajstić information content (AvgIpc) is 2.88. The van der Waals surface area contributed by atoms with Gasteiger partial charge in [0.1, 0.15) is 12.6 Å². The lowest BCUT2D eigenvalue weighted by atomic mass is 10.1. The van der Waals surface area contributed by atoms with Gasteiger partial charge in [0.05, 0.1) is 10.6 Å². The summed E-state index contributed by atoms with van der Waals surface area (Å²) in [5, 5.41) is 3.61. The van der Waals surface area contributed by atoms with Crippen molar-refractivity contribution in [2.75, 3.05) is 17.4 Å². The summed E-state index contributed by atoms with van der Waals surface area (Å²) in [5.41, 5.74) is 0.937. The molecule has 0 spiro atoms. The van der Waals surface area contributed by atoms with E-state index in [4.69, 9.17) is 23.2 Å². The van der Waals surface area contributed by atoms with E-state index in [9.17, 15) is 18.0 Å². The van der Waals surface area contributed by atoms with Crippen LogP contribution in [0.25, 0.3) is 0 Å². The van der Waals surface area contributed by atoms with Gasteiger partial charge in [0.15, 0.2) is 0 Å². The van der Waals surface area contributed by atoms with Crippen molar-refractivity contribution in [1.29, 1.82) is 0 Å². The van der Waals surface area contributed by atoms with E-state index >= 15 is 0 Å². The first-order valence-electron chi connectivity index (χ1n) is 11.8. The van der Waals surface area contributed by atoms with Crippen molar-refractivity contribution >= 4 is 50.7 Å². The van der Waals surface area contributed by atoms with Gasteiger partial charge in [0.2, 0.25) is 11.8 Å². The minimum atomic E-state index is -4.13. The van der Waals surface area contributed by atoms with E-state index < -0.39 is 28.5 Å². The van der Waals surface area contributed by atoms with Crippen molar-refractivity contribution in [2.45, 2.75) is 37.8 Å². The second-order valence-electron chi connectivity index (χ2n) is 8.42. The minimum absolute atomic E-state index is 0.0258. The van der Waals surface area contributed by atoms with Crippen molar-refractivity contribution in [1.82, 2.24) is 10.2 Å². The number of anilines is 1. The SMILES string of the molecule is CCCNC(=O)[C@@H](C)N(Cc1cccc(Cl)c1)C(=O)CN(c1cccc(Cl)c1)S(=O)(=O)c1ccccc1. The largest absolute Gasteiger partial charge is 0.354 e. The monoisotopic (exact) mass is 561 g/mol. The molecule has 0 radical (unpaired) electrons. The van der Waals surface area contributed by atoms with Gasteiger partial charge in [-0.1, -0.05) is 66.5 Å². The van der Waals surface area contributed by atoms with Gasteiger partial charge in [-0.05, 0) is 61.4 Å². The van der Waals surface area contributed by atoms with E-state index in [1.54, 1.807) is 67.6 Å². The number of halogens is 2. The molecule has 3 aromatic rings. The van der Waals surface area contributed by atoms with Crippen LogP contribution in [-0.2, 0) is 26.2 Å². The summed E-state index contributed by atoms with van der Waals surface area (Å²) in [4.78, 5) is 28.0. The number of hydrogen-bond donors (Lipinski definition) is 1. The molecule has 0 saturated heterocycles. The fourth-order valence-electron chi connectivity index (χ4n) is 3.69. The molecule has 0 fully saturated rings. The van der Waals surface area contributed by atoms with Crippen molar-refractivity contribution in [3.8, 4) is 0 Å². The predicted octanol–water partition coefficient (Wildman–Crippen LogP) is 5.13. The topological polar surface area (TPSA) is 86.8 Å². The molecule has 0 bridgehead atoms. The Labute approximate surface area is 228 Å². The van der Waals surface area contributed by atoms with Crippen LogP contribution in [-0.4, -0.2) is 44.3 Å². The fourth-order valence-corrected chi connectivity index (χ4v) is 5.51. The summed E-state index contributed by atoms with van der Waals surface area (Å²) in [6.45, 7) is 3.53. The van der Waals surface area contributed by atoms with Crippen LogP contribution in [0.2, 0.25) is 10.0 Å². The highest BCUT2D eigenvalue weighted by molar-refractivity contribution is 7.92. The van der Waals surface area contributed by atoms with Gasteiger partial charge < -0.3 is 10.2 Å². The van der Waals surface area contributed by atoms with Gasteiger partial charge in [-0.2, -0.15) is 0 Å². The van der Waals surface area contributed by atoms with E-state index in [1.165, 1.54) is 23.1 Å². The maximum Gasteiger partial charge on any atom is 0.264 e. The molecule has 1 atom stereocenters. The van der Waals surface area contributed by atoms with Crippen LogP contribution < -0.4 is 9.62 Å². The second-order valence-corrected chi connectivity index (χ2v) is 11.2. The van der Waals surface area contributed by atoms with E-state index in [2.05, 4.69) is 5.32 Å².